The second-order valence-electron chi connectivity index (χ2n) is 4.38. The molecule has 0 aliphatic carbocycles. The smallest absolute Gasteiger partial charge is 0.266 e. The molecule has 0 aliphatic heterocycles. The van der Waals surface area contributed by atoms with Gasteiger partial charge in [0, 0.05) is 25.6 Å². The van der Waals surface area contributed by atoms with E-state index in [-0.39, 0.29) is 6.04 Å². The molecule has 19 heavy (non-hydrogen) atoms. The van der Waals surface area contributed by atoms with E-state index in [1.807, 2.05) is 35.2 Å². The van der Waals surface area contributed by atoms with Crippen LogP contribution in [-0.4, -0.2) is 23.2 Å². The maximum absolute atomic E-state index is 6.14. The summed E-state index contributed by atoms with van der Waals surface area (Å²) in [6, 6.07) is 9.82. The van der Waals surface area contributed by atoms with E-state index in [4.69, 9.17) is 10.3 Å². The first-order valence-electron chi connectivity index (χ1n) is 6.62. The van der Waals surface area contributed by atoms with Crippen molar-refractivity contribution >= 4 is 5.95 Å². The highest BCUT2D eigenvalue weighted by atomic mass is 16.5. The fraction of sp³-hybridized carbons (Fsp3) is 0.429. The van der Waals surface area contributed by atoms with Crippen molar-refractivity contribution in [2.75, 3.05) is 18.0 Å². The number of rotatable bonds is 6. The lowest BCUT2D eigenvalue weighted by atomic mass is 10.1. The van der Waals surface area contributed by atoms with E-state index < -0.39 is 0 Å². The highest BCUT2D eigenvalue weighted by Gasteiger charge is 2.15. The molecule has 2 rings (SSSR count). The molecule has 2 aromatic rings. The zero-order valence-corrected chi connectivity index (χ0v) is 11.4. The summed E-state index contributed by atoms with van der Waals surface area (Å²) in [6.45, 7) is 5.85. The van der Waals surface area contributed by atoms with Gasteiger partial charge in [-0.2, -0.15) is 4.98 Å². The molecule has 1 unspecified atom stereocenters. The van der Waals surface area contributed by atoms with Crippen molar-refractivity contribution in [1.82, 2.24) is 10.1 Å². The Bertz CT molecular complexity index is 493. The topological polar surface area (TPSA) is 68.2 Å². The molecule has 2 N–H and O–H groups in total. The Morgan fingerprint density at radius 1 is 1.21 bits per heavy atom. The van der Waals surface area contributed by atoms with E-state index in [1.165, 1.54) is 0 Å². The number of aromatic nitrogens is 2. The molecule has 0 amide bonds. The second-order valence-corrected chi connectivity index (χ2v) is 4.38. The quantitative estimate of drug-likeness (QED) is 0.862. The van der Waals surface area contributed by atoms with Crippen LogP contribution in [0.3, 0.4) is 0 Å². The molecule has 0 fully saturated rings. The van der Waals surface area contributed by atoms with Crippen LogP contribution in [0.25, 0.3) is 0 Å². The van der Waals surface area contributed by atoms with E-state index >= 15 is 0 Å². The maximum atomic E-state index is 6.14. The van der Waals surface area contributed by atoms with E-state index in [1.54, 1.807) is 0 Å². The molecule has 5 heteroatoms. The molecule has 0 bridgehead atoms. The summed E-state index contributed by atoms with van der Waals surface area (Å²) in [4.78, 5) is 6.43. The minimum absolute atomic E-state index is 0.119. The van der Waals surface area contributed by atoms with Crippen LogP contribution in [-0.2, 0) is 6.42 Å². The van der Waals surface area contributed by atoms with Crippen LogP contribution in [0.5, 0.6) is 0 Å². The van der Waals surface area contributed by atoms with Gasteiger partial charge in [-0.15, -0.1) is 0 Å². The SMILES string of the molecule is CCN(CC)c1noc(CC(N)c2ccccc2)n1. The molecule has 1 aromatic carbocycles. The summed E-state index contributed by atoms with van der Waals surface area (Å²) >= 11 is 0. The molecule has 0 aliphatic rings. The summed E-state index contributed by atoms with van der Waals surface area (Å²) in [5, 5.41) is 3.99. The third-order valence-electron chi connectivity index (χ3n) is 3.13. The van der Waals surface area contributed by atoms with Gasteiger partial charge in [-0.1, -0.05) is 30.3 Å². The maximum Gasteiger partial charge on any atom is 0.266 e. The molecule has 1 atom stereocenters. The van der Waals surface area contributed by atoms with Gasteiger partial charge in [0.1, 0.15) is 0 Å². The summed E-state index contributed by atoms with van der Waals surface area (Å²) < 4.78 is 5.26. The third-order valence-corrected chi connectivity index (χ3v) is 3.13. The van der Waals surface area contributed by atoms with Crippen molar-refractivity contribution in [3.63, 3.8) is 0 Å². The molecule has 0 radical (unpaired) electrons. The Labute approximate surface area is 113 Å². The van der Waals surface area contributed by atoms with Crippen molar-refractivity contribution in [1.29, 1.82) is 0 Å². The predicted octanol–water partition coefficient (Wildman–Crippen LogP) is 2.16. The van der Waals surface area contributed by atoms with Gasteiger partial charge in [0.2, 0.25) is 5.89 Å². The van der Waals surface area contributed by atoms with E-state index in [9.17, 15) is 0 Å². The van der Waals surface area contributed by atoms with Crippen LogP contribution in [0, 0.1) is 0 Å². The largest absolute Gasteiger partial charge is 0.339 e. The normalized spacial score (nSPS) is 12.4. The molecule has 0 saturated heterocycles. The monoisotopic (exact) mass is 260 g/mol. The average molecular weight is 260 g/mol. The van der Waals surface area contributed by atoms with Gasteiger partial charge in [-0.3, -0.25) is 0 Å². The van der Waals surface area contributed by atoms with E-state index in [0.29, 0.717) is 18.3 Å². The van der Waals surface area contributed by atoms with Crippen LogP contribution < -0.4 is 10.6 Å². The van der Waals surface area contributed by atoms with Crippen LogP contribution in [0.1, 0.15) is 31.3 Å². The van der Waals surface area contributed by atoms with Gasteiger partial charge >= 0.3 is 0 Å². The van der Waals surface area contributed by atoms with Gasteiger partial charge in [-0.05, 0) is 24.6 Å². The summed E-state index contributed by atoms with van der Waals surface area (Å²) in [6.07, 6.45) is 0.554. The summed E-state index contributed by atoms with van der Waals surface area (Å²) in [5.41, 5.74) is 7.21. The first-order valence-corrected chi connectivity index (χ1v) is 6.62. The van der Waals surface area contributed by atoms with E-state index in [0.717, 1.165) is 18.7 Å². The van der Waals surface area contributed by atoms with Crippen LogP contribution in [0.2, 0.25) is 0 Å². The molecule has 1 heterocycles. The van der Waals surface area contributed by atoms with Gasteiger partial charge in [0.15, 0.2) is 0 Å². The fourth-order valence-corrected chi connectivity index (χ4v) is 1.97. The van der Waals surface area contributed by atoms with Crippen molar-refractivity contribution < 1.29 is 4.52 Å². The number of hydrogen-bond acceptors (Lipinski definition) is 5. The zero-order valence-electron chi connectivity index (χ0n) is 11.4. The first-order chi connectivity index (χ1) is 9.24. The molecular weight excluding hydrogens is 240 g/mol. The molecule has 5 nitrogen and oxygen atoms in total. The van der Waals surface area contributed by atoms with Crippen LogP contribution >= 0.6 is 0 Å². The van der Waals surface area contributed by atoms with Crippen molar-refractivity contribution in [2.45, 2.75) is 26.3 Å². The molecule has 0 saturated carbocycles. The van der Waals surface area contributed by atoms with E-state index in [2.05, 4.69) is 24.0 Å². The van der Waals surface area contributed by atoms with Gasteiger partial charge < -0.3 is 15.2 Å². The average Bonchev–Trinajstić information content (AvgIpc) is 2.89. The number of benzene rings is 1. The Kier molecular flexibility index (Phi) is 4.52. The van der Waals surface area contributed by atoms with Crippen molar-refractivity contribution in [3.8, 4) is 0 Å². The lowest BCUT2D eigenvalue weighted by Crippen LogP contribution is -2.23. The van der Waals surface area contributed by atoms with Crippen LogP contribution in [0.4, 0.5) is 5.95 Å². The minimum atomic E-state index is -0.119. The number of nitrogens with zero attached hydrogens (tertiary/aromatic N) is 3. The minimum Gasteiger partial charge on any atom is -0.339 e. The molecule has 0 spiro atoms. The second kappa shape index (κ2) is 6.33. The number of nitrogens with two attached hydrogens (primary N) is 1. The molecular formula is C14H20N4O. The summed E-state index contributed by atoms with van der Waals surface area (Å²) in [7, 11) is 0. The number of hydrogen-bond donors (Lipinski definition) is 1. The van der Waals surface area contributed by atoms with Gasteiger partial charge in [-0.25, -0.2) is 0 Å². The van der Waals surface area contributed by atoms with Gasteiger partial charge in [0.05, 0.1) is 0 Å². The Balaban J connectivity index is 2.04. The Hall–Kier alpha value is -1.88. The lowest BCUT2D eigenvalue weighted by Gasteiger charge is -2.14. The van der Waals surface area contributed by atoms with Gasteiger partial charge in [0.25, 0.3) is 5.95 Å². The highest BCUT2D eigenvalue weighted by Crippen LogP contribution is 2.16. The van der Waals surface area contributed by atoms with Crippen molar-refractivity contribution in [2.24, 2.45) is 5.73 Å². The molecule has 1 aromatic heterocycles. The zero-order chi connectivity index (χ0) is 13.7. The summed E-state index contributed by atoms with van der Waals surface area (Å²) in [5.74, 6) is 1.22. The number of anilines is 1. The highest BCUT2D eigenvalue weighted by molar-refractivity contribution is 5.27. The Morgan fingerprint density at radius 3 is 2.53 bits per heavy atom. The van der Waals surface area contributed by atoms with Crippen molar-refractivity contribution in [3.05, 3.63) is 41.8 Å². The first kappa shape index (κ1) is 13.5. The molecule has 102 valence electrons. The van der Waals surface area contributed by atoms with Crippen LogP contribution in [0.15, 0.2) is 34.9 Å². The lowest BCUT2D eigenvalue weighted by molar-refractivity contribution is 0.369. The Morgan fingerprint density at radius 2 is 1.89 bits per heavy atom. The third kappa shape index (κ3) is 3.32. The predicted molar refractivity (Wildman–Crippen MR) is 74.9 cm³/mol. The standard InChI is InChI=1S/C14H20N4O/c1-3-18(4-2)14-16-13(19-17-14)10-12(15)11-8-6-5-7-9-11/h5-9,12H,3-4,10,15H2,1-2H3. The fourth-order valence-electron chi connectivity index (χ4n) is 1.97.